The predicted molar refractivity (Wildman–Crippen MR) is 59.7 cm³/mol. The van der Waals surface area contributed by atoms with Crippen molar-refractivity contribution >= 4 is 23.2 Å². The van der Waals surface area contributed by atoms with Gasteiger partial charge >= 0.3 is 0 Å². The van der Waals surface area contributed by atoms with Crippen LogP contribution in [-0.4, -0.2) is 11.8 Å². The molecule has 78 valence electrons. The minimum Gasteiger partial charge on any atom is -0.272 e. The highest BCUT2D eigenvalue weighted by molar-refractivity contribution is 6.29. The maximum Gasteiger partial charge on any atom is 0.255 e. The van der Waals surface area contributed by atoms with E-state index >= 15 is 0 Å². The maximum absolute atomic E-state index is 11.4. The fourth-order valence-corrected chi connectivity index (χ4v) is 1.40. The molecule has 0 aliphatic heterocycles. The van der Waals surface area contributed by atoms with E-state index in [9.17, 15) is 4.79 Å². The van der Waals surface area contributed by atoms with E-state index in [0.717, 1.165) is 16.0 Å². The highest BCUT2D eigenvalue weighted by Gasteiger charge is 2.16. The Morgan fingerprint density at radius 1 is 1.53 bits per heavy atom. The number of aryl methyl sites for hydroxylation is 1. The number of nitrogens with zero attached hydrogens (tertiary/aromatic N) is 2. The van der Waals surface area contributed by atoms with Gasteiger partial charge in [-0.1, -0.05) is 12.1 Å². The molecule has 0 aliphatic rings. The standard InChI is InChI=1S/C11H11ClN2O/c1-8-4-3-5-10(9(8)2)14(7-13)11(15)6-12/h3-5H,6H2,1-2H3. The number of anilines is 1. The Bertz CT molecular complexity index is 423. The number of alkyl halides is 1. The van der Waals surface area contributed by atoms with Gasteiger partial charge in [0.1, 0.15) is 5.88 Å². The van der Waals surface area contributed by atoms with Gasteiger partial charge < -0.3 is 0 Å². The largest absolute Gasteiger partial charge is 0.272 e. The Kier molecular flexibility index (Phi) is 3.70. The van der Waals surface area contributed by atoms with Crippen molar-refractivity contribution in [3.63, 3.8) is 0 Å². The molecule has 0 saturated heterocycles. The zero-order valence-corrected chi connectivity index (χ0v) is 9.38. The number of carbonyl (C=O) groups is 1. The highest BCUT2D eigenvalue weighted by Crippen LogP contribution is 2.22. The highest BCUT2D eigenvalue weighted by atomic mass is 35.5. The summed E-state index contributed by atoms with van der Waals surface area (Å²) in [7, 11) is 0. The number of amides is 1. The Morgan fingerprint density at radius 2 is 2.20 bits per heavy atom. The Labute approximate surface area is 93.9 Å². The average Bonchev–Trinajstić information content (AvgIpc) is 2.24. The molecule has 1 amide bonds. The molecule has 4 heteroatoms. The molecule has 0 unspecified atom stereocenters. The van der Waals surface area contributed by atoms with Gasteiger partial charge in [-0.15, -0.1) is 11.6 Å². The summed E-state index contributed by atoms with van der Waals surface area (Å²) in [6.07, 6.45) is 1.84. The van der Waals surface area contributed by atoms with Crippen molar-refractivity contribution in [2.75, 3.05) is 10.8 Å². The Balaban J connectivity index is 3.20. The summed E-state index contributed by atoms with van der Waals surface area (Å²) in [6, 6.07) is 5.47. The molecule has 0 atom stereocenters. The van der Waals surface area contributed by atoms with Crippen molar-refractivity contribution in [3.8, 4) is 6.19 Å². The van der Waals surface area contributed by atoms with E-state index in [4.69, 9.17) is 16.9 Å². The van der Waals surface area contributed by atoms with Crippen LogP contribution >= 0.6 is 11.6 Å². The summed E-state index contributed by atoms with van der Waals surface area (Å²) in [6.45, 7) is 3.80. The van der Waals surface area contributed by atoms with Crippen LogP contribution in [0, 0.1) is 25.3 Å². The third kappa shape index (κ3) is 2.28. The second kappa shape index (κ2) is 4.81. The van der Waals surface area contributed by atoms with Crippen LogP contribution in [0.5, 0.6) is 0 Å². The van der Waals surface area contributed by atoms with Gasteiger partial charge in [-0.25, -0.2) is 4.90 Å². The number of halogens is 1. The molecular weight excluding hydrogens is 212 g/mol. The summed E-state index contributed by atoms with van der Waals surface area (Å²) >= 11 is 5.43. The lowest BCUT2D eigenvalue weighted by Crippen LogP contribution is -2.27. The molecule has 0 N–H and O–H groups in total. The van der Waals surface area contributed by atoms with E-state index in [1.165, 1.54) is 0 Å². The van der Waals surface area contributed by atoms with Crippen LogP contribution in [0.1, 0.15) is 11.1 Å². The van der Waals surface area contributed by atoms with E-state index in [2.05, 4.69) is 0 Å². The van der Waals surface area contributed by atoms with E-state index in [1.807, 2.05) is 32.2 Å². The van der Waals surface area contributed by atoms with Crippen molar-refractivity contribution in [1.82, 2.24) is 0 Å². The van der Waals surface area contributed by atoms with E-state index in [0.29, 0.717) is 5.69 Å². The molecule has 0 saturated carbocycles. The average molecular weight is 223 g/mol. The fraction of sp³-hybridized carbons (Fsp3) is 0.273. The topological polar surface area (TPSA) is 44.1 Å². The Morgan fingerprint density at radius 3 is 2.73 bits per heavy atom. The Hall–Kier alpha value is -1.53. The maximum atomic E-state index is 11.4. The second-order valence-electron chi connectivity index (χ2n) is 3.18. The minimum absolute atomic E-state index is 0.194. The first-order chi connectivity index (χ1) is 7.11. The first kappa shape index (κ1) is 11.5. The van der Waals surface area contributed by atoms with Crippen LogP contribution in [-0.2, 0) is 4.79 Å². The van der Waals surface area contributed by atoms with E-state index in [1.54, 1.807) is 6.07 Å². The number of benzene rings is 1. The van der Waals surface area contributed by atoms with E-state index < -0.39 is 5.91 Å². The first-order valence-corrected chi connectivity index (χ1v) is 5.00. The van der Waals surface area contributed by atoms with Crippen molar-refractivity contribution < 1.29 is 4.79 Å². The number of rotatable bonds is 2. The van der Waals surface area contributed by atoms with Gasteiger partial charge in [0.05, 0.1) is 5.69 Å². The fourth-order valence-electron chi connectivity index (χ4n) is 1.28. The lowest BCUT2D eigenvalue weighted by Gasteiger charge is -2.16. The summed E-state index contributed by atoms with van der Waals surface area (Å²) in [5.41, 5.74) is 2.55. The van der Waals surface area contributed by atoms with Crippen LogP contribution in [0.15, 0.2) is 18.2 Å². The SMILES string of the molecule is Cc1cccc(N(C#N)C(=O)CCl)c1C. The third-order valence-corrected chi connectivity index (χ3v) is 2.51. The number of carbonyl (C=O) groups excluding carboxylic acids is 1. The van der Waals surface area contributed by atoms with Crippen molar-refractivity contribution in [1.29, 1.82) is 5.26 Å². The lowest BCUT2D eigenvalue weighted by atomic mass is 10.1. The van der Waals surface area contributed by atoms with Crippen LogP contribution < -0.4 is 4.90 Å². The number of hydrogen-bond acceptors (Lipinski definition) is 2. The smallest absolute Gasteiger partial charge is 0.255 e. The first-order valence-electron chi connectivity index (χ1n) is 4.46. The third-order valence-electron chi connectivity index (χ3n) is 2.28. The molecule has 3 nitrogen and oxygen atoms in total. The normalized spacial score (nSPS) is 9.47. The lowest BCUT2D eigenvalue weighted by molar-refractivity contribution is -0.115. The molecule has 0 aromatic heterocycles. The van der Waals surface area contributed by atoms with Crippen molar-refractivity contribution in [2.24, 2.45) is 0 Å². The van der Waals surface area contributed by atoms with Gasteiger partial charge in [-0.2, -0.15) is 5.26 Å². The molecule has 0 aliphatic carbocycles. The van der Waals surface area contributed by atoms with Crippen molar-refractivity contribution in [2.45, 2.75) is 13.8 Å². The second-order valence-corrected chi connectivity index (χ2v) is 3.45. The molecule has 0 heterocycles. The van der Waals surface area contributed by atoms with E-state index in [-0.39, 0.29) is 5.88 Å². The molecule has 0 fully saturated rings. The summed E-state index contributed by atoms with van der Waals surface area (Å²) < 4.78 is 0. The number of hydrogen-bond donors (Lipinski definition) is 0. The zero-order chi connectivity index (χ0) is 11.4. The van der Waals surface area contributed by atoms with Crippen molar-refractivity contribution in [3.05, 3.63) is 29.3 Å². The zero-order valence-electron chi connectivity index (χ0n) is 8.62. The van der Waals surface area contributed by atoms with Gasteiger partial charge in [-0.05, 0) is 31.0 Å². The predicted octanol–water partition coefficient (Wildman–Crippen LogP) is 2.36. The molecule has 1 aromatic rings. The molecule has 0 bridgehead atoms. The summed E-state index contributed by atoms with van der Waals surface area (Å²) in [5, 5.41) is 8.89. The van der Waals surface area contributed by atoms with Gasteiger partial charge in [-0.3, -0.25) is 4.79 Å². The molecule has 15 heavy (non-hydrogen) atoms. The van der Waals surface area contributed by atoms with Crippen LogP contribution in [0.4, 0.5) is 5.69 Å². The quantitative estimate of drug-likeness (QED) is 0.438. The monoisotopic (exact) mass is 222 g/mol. The molecule has 0 radical (unpaired) electrons. The van der Waals surface area contributed by atoms with Crippen LogP contribution in [0.2, 0.25) is 0 Å². The molecule has 1 aromatic carbocycles. The van der Waals surface area contributed by atoms with Gasteiger partial charge in [0.25, 0.3) is 5.91 Å². The number of nitriles is 1. The summed E-state index contributed by atoms with van der Waals surface area (Å²) in [5.74, 6) is -0.603. The van der Waals surface area contributed by atoms with Gasteiger partial charge in [0.15, 0.2) is 6.19 Å². The molecule has 1 rings (SSSR count). The van der Waals surface area contributed by atoms with Gasteiger partial charge in [0.2, 0.25) is 0 Å². The van der Waals surface area contributed by atoms with Gasteiger partial charge in [0, 0.05) is 0 Å². The summed E-state index contributed by atoms with van der Waals surface area (Å²) in [4.78, 5) is 12.4. The van der Waals surface area contributed by atoms with Crippen LogP contribution in [0.3, 0.4) is 0 Å². The van der Waals surface area contributed by atoms with Crippen LogP contribution in [0.25, 0.3) is 0 Å². The molecular formula is C11H11ClN2O. The minimum atomic E-state index is -0.409. The molecule has 0 spiro atoms.